The Balaban J connectivity index is 1.98. The summed E-state index contributed by atoms with van der Waals surface area (Å²) >= 11 is 3.38. The molecule has 0 radical (unpaired) electrons. The first-order valence-electron chi connectivity index (χ1n) is 7.02. The van der Waals surface area contributed by atoms with Gasteiger partial charge in [-0.1, -0.05) is 15.9 Å². The summed E-state index contributed by atoms with van der Waals surface area (Å²) in [5.41, 5.74) is 2.16. The van der Waals surface area contributed by atoms with E-state index >= 15 is 0 Å². The van der Waals surface area contributed by atoms with Crippen molar-refractivity contribution in [1.29, 1.82) is 15.8 Å². The Kier molecular flexibility index (Phi) is 4.48. The molecule has 0 amide bonds. The minimum absolute atomic E-state index is 0.110. The van der Waals surface area contributed by atoms with Gasteiger partial charge in [0.1, 0.15) is 29.4 Å². The Hall–Kier alpha value is -3.60. The summed E-state index contributed by atoms with van der Waals surface area (Å²) < 4.78 is 6.69. The highest BCUT2D eigenvalue weighted by atomic mass is 79.9. The lowest BCUT2D eigenvalue weighted by molar-refractivity contribution is 0.620. The number of allylic oxidation sites excluding steroid dienone is 2. The van der Waals surface area contributed by atoms with Crippen molar-refractivity contribution in [1.82, 2.24) is 4.98 Å². The second kappa shape index (κ2) is 6.88. The Morgan fingerprint density at radius 3 is 2.36 bits per heavy atom. The summed E-state index contributed by atoms with van der Waals surface area (Å²) in [5.74, 6) is 0.477. The zero-order valence-electron chi connectivity index (χ0n) is 12.6. The predicted molar refractivity (Wildman–Crippen MR) is 94.6 cm³/mol. The van der Waals surface area contributed by atoms with Gasteiger partial charge in [0.15, 0.2) is 11.2 Å². The van der Waals surface area contributed by atoms with Gasteiger partial charge < -0.3 is 9.73 Å². The molecule has 0 unspecified atom stereocenters. The highest BCUT2D eigenvalue weighted by molar-refractivity contribution is 9.10. The molecule has 1 N–H and O–H groups in total. The topological polar surface area (TPSA) is 109 Å². The van der Waals surface area contributed by atoms with Gasteiger partial charge in [-0.15, -0.1) is 0 Å². The smallest absolute Gasteiger partial charge is 0.227 e. The number of hydrogen-bond acceptors (Lipinski definition) is 6. The van der Waals surface area contributed by atoms with Crippen molar-refractivity contribution in [2.45, 2.75) is 0 Å². The first-order chi connectivity index (χ1) is 12.1. The molecule has 1 aromatic heterocycles. The highest BCUT2D eigenvalue weighted by Crippen LogP contribution is 2.27. The summed E-state index contributed by atoms with van der Waals surface area (Å²) in [6.07, 6.45) is 0. The molecule has 0 atom stereocenters. The number of anilines is 1. The molecule has 0 fully saturated rings. The van der Waals surface area contributed by atoms with Gasteiger partial charge in [0.05, 0.1) is 0 Å². The predicted octanol–water partition coefficient (Wildman–Crippen LogP) is 4.49. The molecule has 25 heavy (non-hydrogen) atoms. The van der Waals surface area contributed by atoms with Crippen LogP contribution in [0.1, 0.15) is 0 Å². The molecular formula is C18H8BrN5O. The van der Waals surface area contributed by atoms with Crippen LogP contribution in [0.2, 0.25) is 0 Å². The molecule has 3 aromatic rings. The maximum absolute atomic E-state index is 9.10. The molecule has 3 rings (SSSR count). The van der Waals surface area contributed by atoms with E-state index in [4.69, 9.17) is 20.2 Å². The van der Waals surface area contributed by atoms with E-state index in [1.165, 1.54) is 0 Å². The Morgan fingerprint density at radius 2 is 1.72 bits per heavy atom. The van der Waals surface area contributed by atoms with Crippen molar-refractivity contribution in [3.8, 4) is 29.7 Å². The summed E-state index contributed by atoms with van der Waals surface area (Å²) in [7, 11) is 0. The van der Waals surface area contributed by atoms with Crippen LogP contribution in [-0.2, 0) is 0 Å². The standard InChI is InChI=1S/C18H8BrN5O/c19-13-3-1-11(2-4-13)18-24-15-7-14(5-6-17(15)25-18)23-16(10-22)12(8-20)9-21/h1-7,23H. The molecule has 2 aromatic carbocycles. The minimum atomic E-state index is -0.279. The Morgan fingerprint density at radius 1 is 1.00 bits per heavy atom. The number of fused-ring (bicyclic) bond motifs is 1. The largest absolute Gasteiger partial charge is 0.436 e. The van der Waals surface area contributed by atoms with Crippen molar-refractivity contribution in [2.75, 3.05) is 5.32 Å². The van der Waals surface area contributed by atoms with Crippen LogP contribution >= 0.6 is 15.9 Å². The average molecular weight is 390 g/mol. The summed E-state index contributed by atoms with van der Waals surface area (Å²) in [4.78, 5) is 4.44. The van der Waals surface area contributed by atoms with Gasteiger partial charge in [0.25, 0.3) is 0 Å². The lowest BCUT2D eigenvalue weighted by Gasteiger charge is -2.03. The second-order valence-electron chi connectivity index (χ2n) is 4.92. The zero-order valence-corrected chi connectivity index (χ0v) is 14.2. The van der Waals surface area contributed by atoms with Crippen LogP contribution in [0.25, 0.3) is 22.6 Å². The van der Waals surface area contributed by atoms with Crippen molar-refractivity contribution < 1.29 is 4.42 Å². The number of nitriles is 3. The molecule has 6 nitrogen and oxygen atoms in total. The summed E-state index contributed by atoms with van der Waals surface area (Å²) in [6, 6.07) is 17.8. The van der Waals surface area contributed by atoms with Gasteiger partial charge in [-0.3, -0.25) is 0 Å². The summed E-state index contributed by atoms with van der Waals surface area (Å²) in [6.45, 7) is 0. The van der Waals surface area contributed by atoms with Crippen LogP contribution in [0, 0.1) is 34.0 Å². The first-order valence-corrected chi connectivity index (χ1v) is 7.82. The Labute approximate surface area is 151 Å². The first kappa shape index (κ1) is 16.3. The normalized spacial score (nSPS) is 9.68. The maximum atomic E-state index is 9.10. The number of benzene rings is 2. The van der Waals surface area contributed by atoms with Crippen LogP contribution in [-0.4, -0.2) is 4.98 Å². The van der Waals surface area contributed by atoms with Crippen molar-refractivity contribution in [3.05, 3.63) is 58.2 Å². The number of nitrogens with one attached hydrogen (secondary N) is 1. The molecule has 118 valence electrons. The van der Waals surface area contributed by atoms with Crippen molar-refractivity contribution in [3.63, 3.8) is 0 Å². The Bertz CT molecular complexity index is 1090. The molecule has 0 bridgehead atoms. The van der Waals surface area contributed by atoms with Gasteiger partial charge in [-0.05, 0) is 42.5 Å². The van der Waals surface area contributed by atoms with Crippen LogP contribution in [0.5, 0.6) is 0 Å². The van der Waals surface area contributed by atoms with Gasteiger partial charge in [0, 0.05) is 15.7 Å². The van der Waals surface area contributed by atoms with Crippen molar-refractivity contribution >= 4 is 32.7 Å². The number of oxazole rings is 1. The van der Waals surface area contributed by atoms with E-state index in [-0.39, 0.29) is 11.3 Å². The van der Waals surface area contributed by atoms with E-state index in [1.54, 1.807) is 30.3 Å². The molecule has 0 aliphatic carbocycles. The molecule has 0 saturated heterocycles. The summed E-state index contributed by atoms with van der Waals surface area (Å²) in [5, 5.41) is 29.6. The fourth-order valence-electron chi connectivity index (χ4n) is 2.15. The lowest BCUT2D eigenvalue weighted by atomic mass is 10.2. The highest BCUT2D eigenvalue weighted by Gasteiger charge is 2.11. The quantitative estimate of drug-likeness (QED) is 0.660. The third kappa shape index (κ3) is 3.35. The third-order valence-electron chi connectivity index (χ3n) is 3.33. The van der Waals surface area contributed by atoms with E-state index < -0.39 is 0 Å². The van der Waals surface area contributed by atoms with E-state index in [2.05, 4.69) is 26.2 Å². The van der Waals surface area contributed by atoms with Crippen LogP contribution in [0.4, 0.5) is 5.69 Å². The van der Waals surface area contributed by atoms with E-state index in [0.717, 1.165) is 10.0 Å². The van der Waals surface area contributed by atoms with Crippen LogP contribution in [0.15, 0.2) is 62.6 Å². The van der Waals surface area contributed by atoms with Gasteiger partial charge in [0.2, 0.25) is 5.89 Å². The average Bonchev–Trinajstić information content (AvgIpc) is 3.05. The zero-order chi connectivity index (χ0) is 17.8. The molecular weight excluding hydrogens is 382 g/mol. The minimum Gasteiger partial charge on any atom is -0.436 e. The van der Waals surface area contributed by atoms with E-state index in [9.17, 15) is 0 Å². The van der Waals surface area contributed by atoms with Crippen molar-refractivity contribution in [2.24, 2.45) is 0 Å². The van der Waals surface area contributed by atoms with Gasteiger partial charge >= 0.3 is 0 Å². The SMILES string of the molecule is N#CC(C#N)=C(C#N)Nc1ccc2oc(-c3ccc(Br)cc3)nc2c1. The van der Waals surface area contributed by atoms with Gasteiger partial charge in [-0.25, -0.2) is 4.98 Å². The molecule has 1 heterocycles. The molecule has 0 aliphatic heterocycles. The van der Waals surface area contributed by atoms with Gasteiger partial charge in [-0.2, -0.15) is 15.8 Å². The fourth-order valence-corrected chi connectivity index (χ4v) is 2.41. The third-order valence-corrected chi connectivity index (χ3v) is 3.86. The van der Waals surface area contributed by atoms with Crippen LogP contribution < -0.4 is 5.32 Å². The maximum Gasteiger partial charge on any atom is 0.227 e. The fraction of sp³-hybridized carbons (Fsp3) is 0. The van der Waals surface area contributed by atoms with E-state index in [1.807, 2.05) is 30.3 Å². The molecule has 7 heteroatoms. The second-order valence-corrected chi connectivity index (χ2v) is 5.83. The number of hydrogen-bond donors (Lipinski definition) is 1. The monoisotopic (exact) mass is 389 g/mol. The number of nitrogens with zero attached hydrogens (tertiary/aromatic N) is 4. The number of rotatable bonds is 3. The number of halogens is 1. The van der Waals surface area contributed by atoms with Crippen LogP contribution in [0.3, 0.4) is 0 Å². The lowest BCUT2D eigenvalue weighted by Crippen LogP contribution is -2.00. The number of aromatic nitrogens is 1. The molecule has 0 spiro atoms. The van der Waals surface area contributed by atoms with E-state index in [0.29, 0.717) is 22.7 Å². The molecule has 0 aliphatic rings. The molecule has 0 saturated carbocycles.